The van der Waals surface area contributed by atoms with Gasteiger partial charge in [0, 0.05) is 13.2 Å². The van der Waals surface area contributed by atoms with Gasteiger partial charge in [-0.05, 0) is 35.4 Å². The summed E-state index contributed by atoms with van der Waals surface area (Å²) in [5.74, 6) is 0.597. The first-order valence-electron chi connectivity index (χ1n) is 7.40. The molecule has 0 saturated heterocycles. The Bertz CT molecular complexity index is 682. The van der Waals surface area contributed by atoms with E-state index >= 15 is 0 Å². The number of nitrogens with one attached hydrogen (secondary N) is 1. The van der Waals surface area contributed by atoms with Crippen molar-refractivity contribution in [3.63, 3.8) is 0 Å². The number of ether oxygens (including phenoxy) is 2. The van der Waals surface area contributed by atoms with Crippen LogP contribution >= 0.6 is 0 Å². The summed E-state index contributed by atoms with van der Waals surface area (Å²) in [6, 6.07) is 5.35. The summed E-state index contributed by atoms with van der Waals surface area (Å²) < 4.78 is 12.0. The number of tetrazole rings is 1. The van der Waals surface area contributed by atoms with Gasteiger partial charge in [0.25, 0.3) is 0 Å². The summed E-state index contributed by atoms with van der Waals surface area (Å²) >= 11 is 0. The second-order valence-corrected chi connectivity index (χ2v) is 5.66. The molecule has 1 saturated carbocycles. The topological polar surface area (TPSA) is 91.2 Å². The lowest BCUT2D eigenvalue weighted by molar-refractivity contribution is -0.134. The Hall–Kier alpha value is -2.48. The minimum atomic E-state index is -0.449. The number of carbonyl (C=O) groups is 1. The predicted octanol–water partition coefficient (Wildman–Crippen LogP) is 1.43. The normalized spacial score (nSPS) is 15.7. The van der Waals surface area contributed by atoms with E-state index in [-0.39, 0.29) is 5.91 Å². The highest BCUT2D eigenvalue weighted by atomic mass is 16.5. The molecular weight excluding hydrogens is 298 g/mol. The zero-order valence-electron chi connectivity index (χ0n) is 13.2. The largest absolute Gasteiger partial charge is 0.497 e. The van der Waals surface area contributed by atoms with Crippen LogP contribution in [0.1, 0.15) is 19.3 Å². The molecule has 0 radical (unpaired) electrons. The molecule has 1 aromatic heterocycles. The van der Waals surface area contributed by atoms with Crippen LogP contribution in [-0.4, -0.2) is 46.9 Å². The molecule has 3 rings (SSSR count). The molecule has 0 spiro atoms. The van der Waals surface area contributed by atoms with Gasteiger partial charge in [-0.3, -0.25) is 4.79 Å². The maximum atomic E-state index is 12.7. The van der Waals surface area contributed by atoms with Crippen LogP contribution in [0.2, 0.25) is 0 Å². The summed E-state index contributed by atoms with van der Waals surface area (Å²) in [6.45, 7) is 0.420. The van der Waals surface area contributed by atoms with E-state index in [1.807, 2.05) is 0 Å². The first kappa shape index (κ1) is 15.4. The molecule has 0 unspecified atom stereocenters. The van der Waals surface area contributed by atoms with Crippen molar-refractivity contribution in [2.45, 2.75) is 19.3 Å². The molecule has 1 aromatic carbocycles. The van der Waals surface area contributed by atoms with E-state index in [9.17, 15) is 4.79 Å². The van der Waals surface area contributed by atoms with E-state index in [1.165, 1.54) is 11.0 Å². The van der Waals surface area contributed by atoms with Crippen molar-refractivity contribution in [2.24, 2.45) is 5.41 Å². The third-order valence-electron chi connectivity index (χ3n) is 4.26. The molecule has 1 fully saturated rings. The molecule has 0 atom stereocenters. The summed E-state index contributed by atoms with van der Waals surface area (Å²) in [5, 5.41) is 14.1. The zero-order chi connectivity index (χ0) is 16.3. The van der Waals surface area contributed by atoms with Gasteiger partial charge in [0.2, 0.25) is 5.91 Å². The molecule has 1 aliphatic rings. The molecule has 23 heavy (non-hydrogen) atoms. The smallest absolute Gasteiger partial charge is 0.232 e. The second-order valence-electron chi connectivity index (χ2n) is 5.66. The van der Waals surface area contributed by atoms with Crippen LogP contribution in [0.4, 0.5) is 5.69 Å². The Morgan fingerprint density at radius 3 is 2.78 bits per heavy atom. The van der Waals surface area contributed by atoms with E-state index < -0.39 is 5.41 Å². The maximum absolute atomic E-state index is 12.7. The summed E-state index contributed by atoms with van der Waals surface area (Å²) in [5.41, 5.74) is 0.829. The van der Waals surface area contributed by atoms with Crippen molar-refractivity contribution in [1.29, 1.82) is 0 Å². The van der Waals surface area contributed by atoms with Gasteiger partial charge < -0.3 is 14.8 Å². The minimum absolute atomic E-state index is 0.0480. The van der Waals surface area contributed by atoms with Gasteiger partial charge in [-0.1, -0.05) is 6.42 Å². The third-order valence-corrected chi connectivity index (χ3v) is 4.26. The van der Waals surface area contributed by atoms with Crippen LogP contribution < -0.4 is 10.1 Å². The Morgan fingerprint density at radius 2 is 2.22 bits per heavy atom. The van der Waals surface area contributed by atoms with E-state index in [1.54, 1.807) is 32.4 Å². The fourth-order valence-corrected chi connectivity index (χ4v) is 2.79. The highest BCUT2D eigenvalue weighted by Gasteiger charge is 2.44. The van der Waals surface area contributed by atoms with Crippen LogP contribution in [0, 0.1) is 5.41 Å². The van der Waals surface area contributed by atoms with E-state index in [0.29, 0.717) is 23.7 Å². The molecule has 2 aromatic rings. The molecule has 122 valence electrons. The number of nitrogens with zero attached hydrogens (tertiary/aromatic N) is 4. The van der Waals surface area contributed by atoms with Gasteiger partial charge in [-0.2, -0.15) is 4.68 Å². The van der Waals surface area contributed by atoms with Gasteiger partial charge >= 0.3 is 0 Å². The van der Waals surface area contributed by atoms with Gasteiger partial charge in [-0.15, -0.1) is 5.10 Å². The van der Waals surface area contributed by atoms with Gasteiger partial charge in [-0.25, -0.2) is 0 Å². The molecule has 8 nitrogen and oxygen atoms in total. The summed E-state index contributed by atoms with van der Waals surface area (Å²) in [4.78, 5) is 12.7. The number of aromatic nitrogens is 4. The number of hydrogen-bond acceptors (Lipinski definition) is 6. The fourth-order valence-electron chi connectivity index (χ4n) is 2.79. The lowest BCUT2D eigenvalue weighted by atomic mass is 9.68. The van der Waals surface area contributed by atoms with E-state index in [0.717, 1.165) is 19.3 Å². The number of carbonyl (C=O) groups excluding carboxylic acids is 1. The Morgan fingerprint density at radius 1 is 1.39 bits per heavy atom. The monoisotopic (exact) mass is 317 g/mol. The fraction of sp³-hybridized carbons (Fsp3) is 0.467. The van der Waals surface area contributed by atoms with Crippen molar-refractivity contribution < 1.29 is 14.3 Å². The van der Waals surface area contributed by atoms with Crippen LogP contribution in [0.3, 0.4) is 0 Å². The first-order valence-corrected chi connectivity index (χ1v) is 7.40. The van der Waals surface area contributed by atoms with Gasteiger partial charge in [0.1, 0.15) is 12.1 Å². The number of hydrogen-bond donors (Lipinski definition) is 1. The quantitative estimate of drug-likeness (QED) is 0.866. The maximum Gasteiger partial charge on any atom is 0.232 e. The van der Waals surface area contributed by atoms with E-state index in [4.69, 9.17) is 9.47 Å². The van der Waals surface area contributed by atoms with Gasteiger partial charge in [0.15, 0.2) is 0 Å². The summed E-state index contributed by atoms with van der Waals surface area (Å²) in [7, 11) is 3.20. The number of methoxy groups -OCH3 is 2. The molecule has 8 heteroatoms. The SMILES string of the molecule is COCC1(C(=O)Nc2cc(OC)ccc2-n2cnnn2)CCC1. The first-order chi connectivity index (χ1) is 11.2. The molecule has 1 N–H and O–H groups in total. The van der Waals surface area contributed by atoms with Crippen molar-refractivity contribution in [3.05, 3.63) is 24.5 Å². The Balaban J connectivity index is 1.90. The van der Waals surface area contributed by atoms with Crippen molar-refractivity contribution in [2.75, 3.05) is 26.1 Å². The van der Waals surface area contributed by atoms with Crippen LogP contribution in [0.15, 0.2) is 24.5 Å². The Kier molecular flexibility index (Phi) is 4.24. The standard InChI is InChI=1S/C15H19N5O3/c1-22-9-15(6-3-7-15)14(21)17-12-8-11(23-2)4-5-13(12)20-10-16-18-19-20/h4-5,8,10H,3,6-7,9H2,1-2H3,(H,17,21). The Labute approximate surface area is 133 Å². The molecule has 1 heterocycles. The molecule has 0 aliphatic heterocycles. The van der Waals surface area contributed by atoms with Gasteiger partial charge in [0.05, 0.1) is 30.5 Å². The van der Waals surface area contributed by atoms with Crippen molar-refractivity contribution in [1.82, 2.24) is 20.2 Å². The highest BCUT2D eigenvalue weighted by Crippen LogP contribution is 2.42. The third kappa shape index (κ3) is 2.89. The highest BCUT2D eigenvalue weighted by molar-refractivity contribution is 5.97. The number of rotatable bonds is 6. The van der Waals surface area contributed by atoms with Crippen molar-refractivity contribution >= 4 is 11.6 Å². The molecule has 1 aliphatic carbocycles. The predicted molar refractivity (Wildman–Crippen MR) is 82.5 cm³/mol. The lowest BCUT2D eigenvalue weighted by Crippen LogP contribution is -2.45. The lowest BCUT2D eigenvalue weighted by Gasteiger charge is -2.39. The second kappa shape index (κ2) is 6.33. The number of anilines is 1. The van der Waals surface area contributed by atoms with E-state index in [2.05, 4.69) is 20.8 Å². The van der Waals surface area contributed by atoms with Crippen molar-refractivity contribution in [3.8, 4) is 11.4 Å². The molecule has 1 amide bonds. The number of benzene rings is 1. The van der Waals surface area contributed by atoms with Crippen LogP contribution in [-0.2, 0) is 9.53 Å². The zero-order valence-corrected chi connectivity index (χ0v) is 13.2. The summed E-state index contributed by atoms with van der Waals surface area (Å²) in [6.07, 6.45) is 4.17. The number of amides is 1. The average molecular weight is 317 g/mol. The molecular formula is C15H19N5O3. The molecule has 0 bridgehead atoms. The minimum Gasteiger partial charge on any atom is -0.497 e. The average Bonchev–Trinajstić information content (AvgIpc) is 3.04. The van der Waals surface area contributed by atoms with Crippen LogP contribution in [0.25, 0.3) is 5.69 Å². The van der Waals surface area contributed by atoms with Crippen LogP contribution in [0.5, 0.6) is 5.75 Å².